The number of rotatable bonds is 21. The topological polar surface area (TPSA) is 194 Å². The van der Waals surface area contributed by atoms with Crippen LogP contribution in [0.1, 0.15) is 131 Å². The van der Waals surface area contributed by atoms with Gasteiger partial charge in [0.1, 0.15) is 6.04 Å². The Morgan fingerprint density at radius 1 is 1.06 bits per heavy atom. The SMILES string of the molecule is CC(C)C[C@H](NC(=O)[C@H](CCCN=C(N)N[N+](=O)[O-])NC(=O)CCCCCCCCCCC#N)B1O[C@@H]2C[C@H]3C[C@H](C3(C)C)[C@]2(C)O1. The fourth-order valence-corrected chi connectivity index (χ4v) is 7.81. The van der Waals surface area contributed by atoms with Gasteiger partial charge >= 0.3 is 7.12 Å². The van der Waals surface area contributed by atoms with Crippen LogP contribution in [-0.2, 0) is 18.9 Å². The van der Waals surface area contributed by atoms with Crippen molar-refractivity contribution in [2.24, 2.45) is 33.9 Å². The molecule has 0 aromatic carbocycles. The number of amides is 2. The minimum atomic E-state index is -0.809. The van der Waals surface area contributed by atoms with Crippen LogP contribution >= 0.6 is 0 Å². The number of nitro groups is 1. The summed E-state index contributed by atoms with van der Waals surface area (Å²) >= 11 is 0. The highest BCUT2D eigenvalue weighted by Gasteiger charge is 2.68. The fraction of sp³-hybridized carbons (Fsp3) is 0.879. The first-order chi connectivity index (χ1) is 22.3. The largest absolute Gasteiger partial charge is 0.481 e. The molecular formula is C33H58BN7O6. The summed E-state index contributed by atoms with van der Waals surface area (Å²) in [6, 6.07) is 1.37. The first-order valence-electron chi connectivity index (χ1n) is 17.8. The van der Waals surface area contributed by atoms with Crippen LogP contribution in [-0.4, -0.2) is 60.2 Å². The van der Waals surface area contributed by atoms with Gasteiger partial charge in [-0.1, -0.05) is 71.6 Å². The lowest BCUT2D eigenvalue weighted by Crippen LogP contribution is -2.65. The minimum Gasteiger partial charge on any atom is -0.404 e. The Hall–Kier alpha value is -2.92. The highest BCUT2D eigenvalue weighted by atomic mass is 16.7. The third-order valence-electron chi connectivity index (χ3n) is 10.6. The number of nitrogens with one attached hydrogen (secondary N) is 3. The van der Waals surface area contributed by atoms with Crippen LogP contribution in [0.2, 0.25) is 0 Å². The number of hydrogen-bond acceptors (Lipinski definition) is 8. The lowest BCUT2D eigenvalue weighted by Gasteiger charge is -2.64. The van der Waals surface area contributed by atoms with E-state index in [1.54, 1.807) is 0 Å². The highest BCUT2D eigenvalue weighted by molar-refractivity contribution is 6.48. The number of hydrazine groups is 1. The van der Waals surface area contributed by atoms with Gasteiger partial charge in [0.05, 0.1) is 23.7 Å². The molecule has 13 nitrogen and oxygen atoms in total. The molecule has 47 heavy (non-hydrogen) atoms. The molecule has 0 aromatic heterocycles. The van der Waals surface area contributed by atoms with E-state index >= 15 is 0 Å². The lowest BCUT2D eigenvalue weighted by molar-refractivity contribution is -0.525. The smallest absolute Gasteiger partial charge is 0.404 e. The van der Waals surface area contributed by atoms with Gasteiger partial charge in [0.25, 0.3) is 5.96 Å². The van der Waals surface area contributed by atoms with E-state index < -0.39 is 23.8 Å². The van der Waals surface area contributed by atoms with Gasteiger partial charge in [0.2, 0.25) is 11.8 Å². The number of nitrogens with two attached hydrogens (primary N) is 1. The van der Waals surface area contributed by atoms with Crippen molar-refractivity contribution >= 4 is 24.9 Å². The molecule has 4 aliphatic rings. The average Bonchev–Trinajstić information content (AvgIpc) is 3.36. The molecular weight excluding hydrogens is 601 g/mol. The van der Waals surface area contributed by atoms with Crippen molar-refractivity contribution in [3.05, 3.63) is 10.1 Å². The number of nitrogens with zero attached hydrogens (tertiary/aromatic N) is 3. The van der Waals surface area contributed by atoms with E-state index in [1.807, 2.05) is 5.43 Å². The standard InChI is InChI=1S/C33H58BN7O6/c1-23(2)20-28(34-46-27-22-24-21-26(32(24,3)4)33(27,5)47-34)39-30(43)25(16-15-19-37-31(36)40-41(44)45)38-29(42)17-13-11-9-7-6-8-10-12-14-18-35/h23-28H,6-17,19-22H2,1-5H3,(H,38,42)(H,39,43)(H3,36,37,40)/t24-,25+,26-,27-,28+,33+/m1/s1. The predicted molar refractivity (Wildman–Crippen MR) is 181 cm³/mol. The van der Waals surface area contributed by atoms with Crippen molar-refractivity contribution in [2.75, 3.05) is 6.54 Å². The Balaban J connectivity index is 1.57. The fourth-order valence-electron chi connectivity index (χ4n) is 7.81. The van der Waals surface area contributed by atoms with E-state index in [4.69, 9.17) is 20.3 Å². The number of carbonyl (C=O) groups is 2. The number of carbonyl (C=O) groups excluding carboxylic acids is 2. The van der Waals surface area contributed by atoms with E-state index in [0.717, 1.165) is 64.2 Å². The normalized spacial score (nSPS) is 25.7. The summed E-state index contributed by atoms with van der Waals surface area (Å²) in [6.45, 7) is 11.1. The molecule has 4 rings (SSSR count). The Labute approximate surface area is 281 Å². The molecule has 264 valence electrons. The third kappa shape index (κ3) is 11.1. The zero-order valence-corrected chi connectivity index (χ0v) is 29.2. The molecule has 0 aromatic rings. The molecule has 1 aliphatic heterocycles. The summed E-state index contributed by atoms with van der Waals surface area (Å²) in [7, 11) is -0.577. The van der Waals surface area contributed by atoms with Gasteiger partial charge in [-0.2, -0.15) is 5.26 Å². The number of guanidine groups is 1. The summed E-state index contributed by atoms with van der Waals surface area (Å²) < 4.78 is 13.2. The van der Waals surface area contributed by atoms with Crippen LogP contribution < -0.4 is 21.8 Å². The van der Waals surface area contributed by atoms with Gasteiger partial charge in [0.15, 0.2) is 5.03 Å². The summed E-state index contributed by atoms with van der Waals surface area (Å²) in [6.07, 6.45) is 12.5. The molecule has 3 saturated carbocycles. The molecule has 2 bridgehead atoms. The summed E-state index contributed by atoms with van der Waals surface area (Å²) in [5.41, 5.74) is 7.15. The van der Waals surface area contributed by atoms with Crippen molar-refractivity contribution in [1.29, 1.82) is 5.26 Å². The lowest BCUT2D eigenvalue weighted by atomic mass is 9.43. The van der Waals surface area contributed by atoms with Crippen molar-refractivity contribution in [3.63, 3.8) is 0 Å². The Kier molecular flexibility index (Phi) is 14.8. The summed E-state index contributed by atoms with van der Waals surface area (Å²) in [5, 5.41) is 24.6. The van der Waals surface area contributed by atoms with Gasteiger partial charge in [-0.05, 0) is 75.0 Å². The van der Waals surface area contributed by atoms with E-state index in [1.165, 1.54) is 0 Å². The van der Waals surface area contributed by atoms with Crippen LogP contribution in [0, 0.1) is 44.6 Å². The van der Waals surface area contributed by atoms with Crippen LogP contribution in [0.5, 0.6) is 0 Å². The zero-order valence-electron chi connectivity index (χ0n) is 29.2. The Morgan fingerprint density at radius 2 is 1.72 bits per heavy atom. The average molecular weight is 660 g/mol. The van der Waals surface area contributed by atoms with Crippen LogP contribution in [0.25, 0.3) is 0 Å². The molecule has 14 heteroatoms. The Bertz CT molecular complexity index is 1130. The number of nitriles is 1. The van der Waals surface area contributed by atoms with Crippen LogP contribution in [0.3, 0.4) is 0 Å². The Morgan fingerprint density at radius 3 is 2.34 bits per heavy atom. The molecule has 5 N–H and O–H groups in total. The maximum Gasteiger partial charge on any atom is 0.481 e. The minimum absolute atomic E-state index is 0.00834. The number of hydrogen-bond donors (Lipinski definition) is 4. The van der Waals surface area contributed by atoms with Crippen LogP contribution in [0.15, 0.2) is 4.99 Å². The monoisotopic (exact) mass is 659 g/mol. The van der Waals surface area contributed by atoms with Gasteiger partial charge < -0.3 is 25.7 Å². The van der Waals surface area contributed by atoms with Crippen LogP contribution in [0.4, 0.5) is 0 Å². The molecule has 6 atom stereocenters. The van der Waals surface area contributed by atoms with E-state index in [9.17, 15) is 19.7 Å². The maximum atomic E-state index is 13.8. The molecule has 1 saturated heterocycles. The first-order valence-corrected chi connectivity index (χ1v) is 17.8. The molecule has 0 radical (unpaired) electrons. The molecule has 3 aliphatic carbocycles. The number of aliphatic imine (C=N–C) groups is 1. The third-order valence-corrected chi connectivity index (χ3v) is 10.6. The van der Waals surface area contributed by atoms with Gasteiger partial charge in [-0.15, -0.1) is 0 Å². The number of unbranched alkanes of at least 4 members (excludes halogenated alkanes) is 8. The van der Waals surface area contributed by atoms with E-state index in [-0.39, 0.29) is 54.1 Å². The zero-order chi connectivity index (χ0) is 34.6. The van der Waals surface area contributed by atoms with E-state index in [0.29, 0.717) is 37.5 Å². The quantitative estimate of drug-likeness (QED) is 0.0341. The first kappa shape index (κ1) is 38.5. The maximum absolute atomic E-state index is 13.8. The van der Waals surface area contributed by atoms with Gasteiger partial charge in [0, 0.05) is 19.4 Å². The second-order valence-electron chi connectivity index (χ2n) is 15.0. The van der Waals surface area contributed by atoms with Crippen molar-refractivity contribution in [1.82, 2.24) is 16.1 Å². The molecule has 0 spiro atoms. The van der Waals surface area contributed by atoms with Crippen molar-refractivity contribution in [2.45, 2.75) is 155 Å². The van der Waals surface area contributed by atoms with E-state index in [2.05, 4.69) is 56.3 Å². The van der Waals surface area contributed by atoms with Gasteiger partial charge in [-0.3, -0.25) is 9.59 Å². The highest BCUT2D eigenvalue weighted by Crippen LogP contribution is 2.65. The molecule has 0 unspecified atom stereocenters. The second kappa shape index (κ2) is 18.0. The molecule has 2 amide bonds. The van der Waals surface area contributed by atoms with Crippen molar-refractivity contribution in [3.8, 4) is 6.07 Å². The molecule has 1 heterocycles. The second-order valence-corrected chi connectivity index (χ2v) is 15.0. The van der Waals surface area contributed by atoms with Gasteiger partial charge in [-0.25, -0.2) is 15.1 Å². The summed E-state index contributed by atoms with van der Waals surface area (Å²) in [4.78, 5) is 41.4. The summed E-state index contributed by atoms with van der Waals surface area (Å²) in [5.74, 6) is 0.0893. The van der Waals surface area contributed by atoms with Crippen molar-refractivity contribution < 1.29 is 23.9 Å². The predicted octanol–water partition coefficient (Wildman–Crippen LogP) is 4.57. The molecule has 4 fully saturated rings.